The molecule has 2 N–H and O–H groups in total. The fourth-order valence-electron chi connectivity index (χ4n) is 1.47. The quantitative estimate of drug-likeness (QED) is 0.857. The van der Waals surface area contributed by atoms with Crippen molar-refractivity contribution in [2.24, 2.45) is 0 Å². The van der Waals surface area contributed by atoms with Crippen molar-refractivity contribution in [3.63, 3.8) is 0 Å². The molecule has 0 atom stereocenters. The minimum atomic E-state index is -0.338. The van der Waals surface area contributed by atoms with Gasteiger partial charge in [0.25, 0.3) is 5.91 Å². The molecule has 0 aliphatic rings. The molecule has 2 aromatic rings. The van der Waals surface area contributed by atoms with Crippen molar-refractivity contribution >= 4 is 11.6 Å². The second kappa shape index (κ2) is 5.33. The smallest absolute Gasteiger partial charge is 0.276 e. The number of hydrogen-bond donors (Lipinski definition) is 2. The van der Waals surface area contributed by atoms with Crippen LogP contribution in [0.15, 0.2) is 36.5 Å². The zero-order valence-electron chi connectivity index (χ0n) is 9.83. The summed E-state index contributed by atoms with van der Waals surface area (Å²) in [6.07, 6.45) is 1.65. The van der Waals surface area contributed by atoms with Crippen LogP contribution in [0.4, 0.5) is 5.69 Å². The zero-order chi connectivity index (χ0) is 13.0. The van der Waals surface area contributed by atoms with Crippen LogP contribution in [0.25, 0.3) is 0 Å². The average Bonchev–Trinajstić information content (AvgIpc) is 2.78. The number of hydrogen-bond acceptors (Lipinski definition) is 4. The molecule has 1 amide bonds. The summed E-state index contributed by atoms with van der Waals surface area (Å²) < 4.78 is 6.40. The van der Waals surface area contributed by atoms with E-state index in [1.165, 1.54) is 16.8 Å². The number of aromatic nitrogens is 2. The first-order chi connectivity index (χ1) is 8.69. The molecule has 1 heterocycles. The van der Waals surface area contributed by atoms with E-state index in [1.54, 1.807) is 31.5 Å². The molecule has 1 aromatic heterocycles. The minimum absolute atomic E-state index is 0.0951. The molecule has 0 radical (unpaired) electrons. The van der Waals surface area contributed by atoms with Crippen molar-refractivity contribution in [3.8, 4) is 5.75 Å². The summed E-state index contributed by atoms with van der Waals surface area (Å²) in [7, 11) is 1.55. The van der Waals surface area contributed by atoms with Crippen LogP contribution in [0, 0.1) is 0 Å². The topological polar surface area (TPSA) is 76.4 Å². The molecule has 94 valence electrons. The normalized spacial score (nSPS) is 10.3. The molecule has 6 heteroatoms. The standard InChI is InChI=1S/C12H13N3O3/c1-18-8-15-6-5-11(14-15)12(17)13-9-3-2-4-10(16)7-9/h2-7,16H,8H2,1H3,(H,13,17). The largest absolute Gasteiger partial charge is 0.508 e. The van der Waals surface area contributed by atoms with E-state index in [9.17, 15) is 9.90 Å². The Morgan fingerprint density at radius 3 is 3.06 bits per heavy atom. The molecular weight excluding hydrogens is 234 g/mol. The van der Waals surface area contributed by atoms with Crippen LogP contribution in [0.3, 0.4) is 0 Å². The first-order valence-electron chi connectivity index (χ1n) is 5.32. The number of carbonyl (C=O) groups excluding carboxylic acids is 1. The lowest BCUT2D eigenvalue weighted by atomic mass is 10.3. The third-order valence-corrected chi connectivity index (χ3v) is 2.24. The molecule has 0 aliphatic heterocycles. The number of anilines is 1. The molecule has 0 spiro atoms. The molecule has 6 nitrogen and oxygen atoms in total. The van der Waals surface area contributed by atoms with E-state index < -0.39 is 0 Å². The molecule has 0 aliphatic carbocycles. The Hall–Kier alpha value is -2.34. The molecule has 2 rings (SSSR count). The highest BCUT2D eigenvalue weighted by molar-refractivity contribution is 6.02. The molecule has 0 bridgehead atoms. The Labute approximate surface area is 104 Å². The van der Waals surface area contributed by atoms with Crippen molar-refractivity contribution in [1.29, 1.82) is 0 Å². The fourth-order valence-corrected chi connectivity index (χ4v) is 1.47. The summed E-state index contributed by atoms with van der Waals surface area (Å²) in [6.45, 7) is 0.291. The highest BCUT2D eigenvalue weighted by Crippen LogP contribution is 2.15. The first kappa shape index (κ1) is 12.1. The Kier molecular flexibility index (Phi) is 3.59. The van der Waals surface area contributed by atoms with Gasteiger partial charge in [0.2, 0.25) is 0 Å². The monoisotopic (exact) mass is 247 g/mol. The van der Waals surface area contributed by atoms with Crippen LogP contribution < -0.4 is 5.32 Å². The van der Waals surface area contributed by atoms with Crippen LogP contribution in [0.2, 0.25) is 0 Å². The average molecular weight is 247 g/mol. The van der Waals surface area contributed by atoms with E-state index in [0.29, 0.717) is 12.4 Å². The van der Waals surface area contributed by atoms with Crippen molar-refractivity contribution in [1.82, 2.24) is 9.78 Å². The molecular formula is C12H13N3O3. The maximum atomic E-state index is 11.8. The third-order valence-electron chi connectivity index (χ3n) is 2.24. The SMILES string of the molecule is COCn1ccc(C(=O)Nc2cccc(O)c2)n1. The van der Waals surface area contributed by atoms with E-state index in [1.807, 2.05) is 0 Å². The van der Waals surface area contributed by atoms with Crippen molar-refractivity contribution in [3.05, 3.63) is 42.2 Å². The highest BCUT2D eigenvalue weighted by Gasteiger charge is 2.09. The van der Waals surface area contributed by atoms with Crippen LogP contribution >= 0.6 is 0 Å². The number of benzene rings is 1. The molecule has 0 fully saturated rings. The number of ether oxygens (including phenoxy) is 1. The van der Waals surface area contributed by atoms with E-state index in [4.69, 9.17) is 4.74 Å². The van der Waals surface area contributed by atoms with Gasteiger partial charge in [-0.25, -0.2) is 4.68 Å². The van der Waals surface area contributed by atoms with Crippen LogP contribution in [-0.2, 0) is 11.5 Å². The number of carbonyl (C=O) groups is 1. The van der Waals surface area contributed by atoms with Gasteiger partial charge in [-0.05, 0) is 18.2 Å². The number of amides is 1. The Bertz CT molecular complexity index is 551. The van der Waals surface area contributed by atoms with Gasteiger partial charge in [0.05, 0.1) is 0 Å². The summed E-state index contributed by atoms with van der Waals surface area (Å²) in [5.41, 5.74) is 0.802. The highest BCUT2D eigenvalue weighted by atomic mass is 16.5. The molecule has 0 saturated heterocycles. The number of nitrogens with zero attached hydrogens (tertiary/aromatic N) is 2. The summed E-state index contributed by atoms with van der Waals surface area (Å²) in [5, 5.41) is 16.0. The van der Waals surface area contributed by atoms with Crippen molar-refractivity contribution in [2.45, 2.75) is 6.73 Å². The van der Waals surface area contributed by atoms with Gasteiger partial charge in [-0.2, -0.15) is 5.10 Å². The predicted octanol–water partition coefficient (Wildman–Crippen LogP) is 1.44. The lowest BCUT2D eigenvalue weighted by Crippen LogP contribution is -2.13. The van der Waals surface area contributed by atoms with E-state index in [2.05, 4.69) is 10.4 Å². The van der Waals surface area contributed by atoms with E-state index in [-0.39, 0.29) is 17.4 Å². The second-order valence-electron chi connectivity index (χ2n) is 3.66. The number of nitrogens with one attached hydrogen (secondary N) is 1. The first-order valence-corrected chi connectivity index (χ1v) is 5.32. The second-order valence-corrected chi connectivity index (χ2v) is 3.66. The lowest BCUT2D eigenvalue weighted by Gasteiger charge is -2.03. The number of phenols is 1. The van der Waals surface area contributed by atoms with Crippen LogP contribution in [0.5, 0.6) is 5.75 Å². The predicted molar refractivity (Wildman–Crippen MR) is 65.3 cm³/mol. The molecule has 1 aromatic carbocycles. The maximum absolute atomic E-state index is 11.8. The van der Waals surface area contributed by atoms with Gasteiger partial charge in [0.15, 0.2) is 5.69 Å². The van der Waals surface area contributed by atoms with Crippen LogP contribution in [-0.4, -0.2) is 27.9 Å². The van der Waals surface area contributed by atoms with Gasteiger partial charge in [-0.3, -0.25) is 4.79 Å². The van der Waals surface area contributed by atoms with Crippen molar-refractivity contribution in [2.75, 3.05) is 12.4 Å². The maximum Gasteiger partial charge on any atom is 0.276 e. The van der Waals surface area contributed by atoms with Gasteiger partial charge in [0, 0.05) is 25.1 Å². The van der Waals surface area contributed by atoms with E-state index >= 15 is 0 Å². The van der Waals surface area contributed by atoms with Crippen molar-refractivity contribution < 1.29 is 14.6 Å². The molecule has 18 heavy (non-hydrogen) atoms. The van der Waals surface area contributed by atoms with E-state index in [0.717, 1.165) is 0 Å². The minimum Gasteiger partial charge on any atom is -0.508 e. The van der Waals surface area contributed by atoms with Gasteiger partial charge >= 0.3 is 0 Å². The number of aromatic hydroxyl groups is 1. The fraction of sp³-hybridized carbons (Fsp3) is 0.167. The van der Waals surface area contributed by atoms with Gasteiger partial charge in [0.1, 0.15) is 12.5 Å². The lowest BCUT2D eigenvalue weighted by molar-refractivity contribution is 0.101. The summed E-state index contributed by atoms with van der Waals surface area (Å²) in [6, 6.07) is 7.92. The van der Waals surface area contributed by atoms with Gasteiger partial charge < -0.3 is 15.2 Å². The number of methoxy groups -OCH3 is 1. The number of rotatable bonds is 4. The summed E-state index contributed by atoms with van der Waals surface area (Å²) >= 11 is 0. The zero-order valence-corrected chi connectivity index (χ0v) is 9.83. The summed E-state index contributed by atoms with van der Waals surface area (Å²) in [5.74, 6) is -0.242. The third kappa shape index (κ3) is 2.86. The van der Waals surface area contributed by atoms with Gasteiger partial charge in [-0.1, -0.05) is 6.07 Å². The van der Waals surface area contributed by atoms with Gasteiger partial charge in [-0.15, -0.1) is 0 Å². The Balaban J connectivity index is 2.07. The summed E-state index contributed by atoms with van der Waals surface area (Å²) in [4.78, 5) is 11.8. The Morgan fingerprint density at radius 2 is 2.33 bits per heavy atom. The molecule has 0 saturated carbocycles. The molecule has 0 unspecified atom stereocenters. The number of phenolic OH excluding ortho intramolecular Hbond substituents is 1. The van der Waals surface area contributed by atoms with Crippen LogP contribution in [0.1, 0.15) is 10.5 Å². The Morgan fingerprint density at radius 1 is 1.50 bits per heavy atom.